The summed E-state index contributed by atoms with van der Waals surface area (Å²) in [6.45, 7) is 2.29. The van der Waals surface area contributed by atoms with Gasteiger partial charge in [-0.3, -0.25) is 4.79 Å². The third-order valence-corrected chi connectivity index (χ3v) is 5.22. The zero-order valence-electron chi connectivity index (χ0n) is 16.2. The summed E-state index contributed by atoms with van der Waals surface area (Å²) in [5, 5.41) is 8.72. The molecule has 0 atom stereocenters. The van der Waals surface area contributed by atoms with Crippen LogP contribution in [0.4, 0.5) is 0 Å². The van der Waals surface area contributed by atoms with Gasteiger partial charge in [0.25, 0.3) is 5.91 Å². The molecule has 4 aromatic rings. The Hall–Kier alpha value is -3.02. The van der Waals surface area contributed by atoms with Crippen LogP contribution in [0.5, 0.6) is 0 Å². The van der Waals surface area contributed by atoms with Crippen LogP contribution in [0.1, 0.15) is 21.8 Å². The molecule has 0 radical (unpaired) electrons. The lowest BCUT2D eigenvalue weighted by molar-refractivity contribution is 0.0946. The number of furan rings is 1. The van der Waals surface area contributed by atoms with Gasteiger partial charge in [0.1, 0.15) is 17.1 Å². The summed E-state index contributed by atoms with van der Waals surface area (Å²) in [6, 6.07) is 20.3. The van der Waals surface area contributed by atoms with E-state index in [4.69, 9.17) is 27.6 Å². The molecule has 152 valence electrons. The Bertz CT molecular complexity index is 1180. The van der Waals surface area contributed by atoms with Gasteiger partial charge in [-0.15, -0.1) is 0 Å². The minimum absolute atomic E-state index is 0.231. The van der Waals surface area contributed by atoms with Gasteiger partial charge in [0.2, 0.25) is 0 Å². The van der Waals surface area contributed by atoms with Crippen LogP contribution in [-0.2, 0) is 6.42 Å². The van der Waals surface area contributed by atoms with E-state index in [1.165, 1.54) is 0 Å². The number of hydrogen-bond donors (Lipinski definition) is 1. The molecule has 2 aromatic carbocycles. The monoisotopic (exact) mass is 439 g/mol. The number of para-hydroxylation sites is 1. The first kappa shape index (κ1) is 20.3. The molecular formula is C23H19Cl2N3O2. The Balaban J connectivity index is 1.57. The molecule has 2 aromatic heterocycles. The summed E-state index contributed by atoms with van der Waals surface area (Å²) in [5.41, 5.74) is 2.73. The van der Waals surface area contributed by atoms with Crippen LogP contribution in [0.25, 0.3) is 17.1 Å². The van der Waals surface area contributed by atoms with Crippen molar-refractivity contribution in [1.82, 2.24) is 15.1 Å². The molecular weight excluding hydrogens is 421 g/mol. The Morgan fingerprint density at radius 3 is 2.57 bits per heavy atom. The number of carbonyl (C=O) groups is 1. The van der Waals surface area contributed by atoms with Gasteiger partial charge < -0.3 is 9.73 Å². The quantitative estimate of drug-likeness (QED) is 0.417. The molecule has 0 saturated heterocycles. The van der Waals surface area contributed by atoms with E-state index in [0.29, 0.717) is 40.2 Å². The van der Waals surface area contributed by atoms with Crippen LogP contribution in [0.3, 0.4) is 0 Å². The minimum Gasteiger partial charge on any atom is -0.460 e. The summed E-state index contributed by atoms with van der Waals surface area (Å²) < 4.78 is 7.31. The predicted molar refractivity (Wildman–Crippen MR) is 119 cm³/mol. The second-order valence-electron chi connectivity index (χ2n) is 6.81. The largest absolute Gasteiger partial charge is 0.460 e. The summed E-state index contributed by atoms with van der Waals surface area (Å²) in [7, 11) is 0. The SMILES string of the molecule is Cc1ccc(-c2cc(C(=O)NCCc3ccc(Cl)cc3Cl)n(-c3ccccc3)n2)o1. The lowest BCUT2D eigenvalue weighted by Crippen LogP contribution is -2.27. The molecule has 1 amide bonds. The van der Waals surface area contributed by atoms with Crippen molar-refractivity contribution in [3.63, 3.8) is 0 Å². The normalized spacial score (nSPS) is 10.9. The summed E-state index contributed by atoms with van der Waals surface area (Å²) in [5.74, 6) is 1.17. The number of halogens is 2. The van der Waals surface area contributed by atoms with Gasteiger partial charge in [-0.05, 0) is 55.3 Å². The van der Waals surface area contributed by atoms with Gasteiger partial charge in [0, 0.05) is 22.7 Å². The average Bonchev–Trinajstić information content (AvgIpc) is 3.37. The topological polar surface area (TPSA) is 60.1 Å². The van der Waals surface area contributed by atoms with Gasteiger partial charge in [-0.2, -0.15) is 5.10 Å². The second kappa shape index (κ2) is 8.78. The number of nitrogens with one attached hydrogen (secondary N) is 1. The maximum atomic E-state index is 13.0. The molecule has 0 spiro atoms. The number of amides is 1. The molecule has 30 heavy (non-hydrogen) atoms. The zero-order valence-corrected chi connectivity index (χ0v) is 17.7. The maximum Gasteiger partial charge on any atom is 0.270 e. The third-order valence-electron chi connectivity index (χ3n) is 4.63. The van der Waals surface area contributed by atoms with E-state index >= 15 is 0 Å². The highest BCUT2D eigenvalue weighted by molar-refractivity contribution is 6.35. The molecule has 0 aliphatic heterocycles. The van der Waals surface area contributed by atoms with Gasteiger partial charge in [0.05, 0.1) is 5.69 Å². The Kier molecular flexibility index (Phi) is 5.93. The van der Waals surface area contributed by atoms with E-state index in [1.54, 1.807) is 22.9 Å². The fraction of sp³-hybridized carbons (Fsp3) is 0.130. The van der Waals surface area contributed by atoms with Crippen molar-refractivity contribution >= 4 is 29.1 Å². The Morgan fingerprint density at radius 2 is 1.87 bits per heavy atom. The molecule has 4 rings (SSSR count). The van der Waals surface area contributed by atoms with Crippen molar-refractivity contribution in [3.05, 3.63) is 93.8 Å². The third kappa shape index (κ3) is 4.42. The van der Waals surface area contributed by atoms with Crippen LogP contribution >= 0.6 is 23.2 Å². The number of nitrogens with zero attached hydrogens (tertiary/aromatic N) is 2. The van der Waals surface area contributed by atoms with Crippen LogP contribution in [0.15, 0.2) is 71.1 Å². The molecule has 0 aliphatic rings. The zero-order chi connectivity index (χ0) is 21.1. The number of benzene rings is 2. The van der Waals surface area contributed by atoms with Gasteiger partial charge in [-0.1, -0.05) is 47.5 Å². The van der Waals surface area contributed by atoms with Crippen molar-refractivity contribution in [2.24, 2.45) is 0 Å². The standard InChI is InChI=1S/C23H19Cl2N3O2/c1-15-7-10-22(30-15)20-14-21(28(27-20)18-5-3-2-4-6-18)23(29)26-12-11-16-8-9-17(24)13-19(16)25/h2-10,13-14H,11-12H2,1H3,(H,26,29). The van der Waals surface area contributed by atoms with E-state index < -0.39 is 0 Å². The van der Waals surface area contributed by atoms with Crippen molar-refractivity contribution in [1.29, 1.82) is 0 Å². The van der Waals surface area contributed by atoms with Crippen LogP contribution < -0.4 is 5.32 Å². The minimum atomic E-state index is -0.231. The number of rotatable bonds is 6. The lowest BCUT2D eigenvalue weighted by Gasteiger charge is -2.09. The number of carbonyl (C=O) groups excluding carboxylic acids is 1. The predicted octanol–water partition coefficient (Wildman–Crippen LogP) is 5.72. The average molecular weight is 440 g/mol. The molecule has 0 unspecified atom stereocenters. The van der Waals surface area contributed by atoms with Crippen molar-refractivity contribution < 1.29 is 9.21 Å². The summed E-state index contributed by atoms with van der Waals surface area (Å²) in [6.07, 6.45) is 0.589. The van der Waals surface area contributed by atoms with Crippen LogP contribution in [0, 0.1) is 6.92 Å². The van der Waals surface area contributed by atoms with Crippen molar-refractivity contribution in [2.75, 3.05) is 6.54 Å². The van der Waals surface area contributed by atoms with E-state index in [9.17, 15) is 4.79 Å². The summed E-state index contributed by atoms with van der Waals surface area (Å²) in [4.78, 5) is 13.0. The molecule has 7 heteroatoms. The second-order valence-corrected chi connectivity index (χ2v) is 7.66. The molecule has 5 nitrogen and oxygen atoms in total. The summed E-state index contributed by atoms with van der Waals surface area (Å²) >= 11 is 12.2. The van der Waals surface area contributed by atoms with Gasteiger partial charge >= 0.3 is 0 Å². The van der Waals surface area contributed by atoms with E-state index in [0.717, 1.165) is 17.0 Å². The van der Waals surface area contributed by atoms with Gasteiger partial charge in [0.15, 0.2) is 5.76 Å². The molecule has 0 bridgehead atoms. The van der Waals surface area contributed by atoms with E-state index in [-0.39, 0.29) is 5.91 Å². The first-order valence-electron chi connectivity index (χ1n) is 9.46. The Morgan fingerprint density at radius 1 is 1.07 bits per heavy atom. The molecule has 0 saturated carbocycles. The maximum absolute atomic E-state index is 13.0. The van der Waals surface area contributed by atoms with Gasteiger partial charge in [-0.25, -0.2) is 4.68 Å². The highest BCUT2D eigenvalue weighted by atomic mass is 35.5. The first-order chi connectivity index (χ1) is 14.5. The molecule has 0 aliphatic carbocycles. The smallest absolute Gasteiger partial charge is 0.270 e. The first-order valence-corrected chi connectivity index (χ1v) is 10.2. The van der Waals surface area contributed by atoms with Crippen LogP contribution in [0.2, 0.25) is 10.0 Å². The van der Waals surface area contributed by atoms with Crippen molar-refractivity contribution in [3.8, 4) is 17.1 Å². The van der Waals surface area contributed by atoms with E-state index in [1.807, 2.05) is 55.5 Å². The fourth-order valence-electron chi connectivity index (χ4n) is 3.13. The van der Waals surface area contributed by atoms with Crippen LogP contribution in [-0.4, -0.2) is 22.2 Å². The Labute approximate surface area is 184 Å². The number of aromatic nitrogens is 2. The highest BCUT2D eigenvalue weighted by Crippen LogP contribution is 2.24. The number of hydrogen-bond acceptors (Lipinski definition) is 3. The number of aryl methyl sites for hydroxylation is 1. The molecule has 0 fully saturated rings. The molecule has 2 heterocycles. The lowest BCUT2D eigenvalue weighted by atomic mass is 10.1. The molecule has 1 N–H and O–H groups in total. The fourth-order valence-corrected chi connectivity index (χ4v) is 3.63. The van der Waals surface area contributed by atoms with Crippen molar-refractivity contribution in [2.45, 2.75) is 13.3 Å². The highest BCUT2D eigenvalue weighted by Gasteiger charge is 2.19. The van der Waals surface area contributed by atoms with E-state index in [2.05, 4.69) is 10.4 Å².